The number of hydrogen-bond acceptors (Lipinski definition) is 2. The highest BCUT2D eigenvalue weighted by atomic mass is 19.1. The summed E-state index contributed by atoms with van der Waals surface area (Å²) in [5.74, 6) is -0.394. The number of benzene rings is 1. The van der Waals surface area contributed by atoms with Crippen LogP contribution in [0.4, 0.5) is 4.39 Å². The lowest BCUT2D eigenvalue weighted by Crippen LogP contribution is -2.46. The molecule has 2 N–H and O–H groups in total. The maximum absolute atomic E-state index is 13.3. The molecule has 3 rings (SSSR count). The smallest absolute Gasteiger partial charge is 0.268 e. The molecule has 1 aromatic carbocycles. The van der Waals surface area contributed by atoms with Crippen molar-refractivity contribution < 1.29 is 9.18 Å². The topological polar surface area (TPSA) is 48.1 Å². The molecule has 0 radical (unpaired) electrons. The maximum atomic E-state index is 13.3. The summed E-state index contributed by atoms with van der Waals surface area (Å²) >= 11 is 0. The molecule has 21 heavy (non-hydrogen) atoms. The van der Waals surface area contributed by atoms with Gasteiger partial charge in [-0.2, -0.15) is 0 Å². The first kappa shape index (κ1) is 14.1. The first-order valence-electron chi connectivity index (χ1n) is 7.32. The summed E-state index contributed by atoms with van der Waals surface area (Å²) in [4.78, 5) is 17.8. The molecule has 1 amide bonds. The average Bonchev–Trinajstić information content (AvgIpc) is 2.76. The molecule has 0 spiro atoms. The number of rotatable bonds is 2. The second kappa shape index (κ2) is 5.48. The van der Waals surface area contributed by atoms with E-state index in [-0.39, 0.29) is 17.8 Å². The summed E-state index contributed by atoms with van der Waals surface area (Å²) in [7, 11) is 2.06. The van der Waals surface area contributed by atoms with Gasteiger partial charge in [0.05, 0.1) is 0 Å². The summed E-state index contributed by atoms with van der Waals surface area (Å²) in [6, 6.07) is 4.71. The Bertz CT molecular complexity index is 679. The van der Waals surface area contributed by atoms with Crippen LogP contribution in [-0.4, -0.2) is 42.0 Å². The van der Waals surface area contributed by atoms with Crippen molar-refractivity contribution in [2.45, 2.75) is 25.8 Å². The van der Waals surface area contributed by atoms with E-state index in [2.05, 4.69) is 22.2 Å². The lowest BCUT2D eigenvalue weighted by Gasteiger charge is -2.30. The summed E-state index contributed by atoms with van der Waals surface area (Å²) < 4.78 is 13.3. The molecule has 1 aromatic heterocycles. The van der Waals surface area contributed by atoms with Gasteiger partial charge in [-0.15, -0.1) is 0 Å². The maximum Gasteiger partial charge on any atom is 0.268 e. The number of carbonyl (C=O) groups excluding carboxylic acids is 1. The number of aromatic nitrogens is 1. The third kappa shape index (κ3) is 2.78. The van der Waals surface area contributed by atoms with Crippen molar-refractivity contribution in [2.75, 3.05) is 20.1 Å². The van der Waals surface area contributed by atoms with E-state index in [1.165, 1.54) is 12.1 Å². The second-order valence-corrected chi connectivity index (χ2v) is 5.89. The van der Waals surface area contributed by atoms with Gasteiger partial charge in [0, 0.05) is 23.5 Å². The molecule has 1 atom stereocenters. The Morgan fingerprint density at radius 1 is 1.48 bits per heavy atom. The Kier molecular flexibility index (Phi) is 3.68. The molecule has 0 unspecified atom stereocenters. The minimum Gasteiger partial charge on any atom is -0.350 e. The molecule has 112 valence electrons. The highest BCUT2D eigenvalue weighted by Gasteiger charge is 2.22. The van der Waals surface area contributed by atoms with Gasteiger partial charge in [-0.25, -0.2) is 4.39 Å². The third-order valence-electron chi connectivity index (χ3n) is 4.21. The number of H-pyrrole nitrogens is 1. The lowest BCUT2D eigenvalue weighted by molar-refractivity contribution is 0.0907. The van der Waals surface area contributed by atoms with Crippen molar-refractivity contribution in [3.63, 3.8) is 0 Å². The zero-order chi connectivity index (χ0) is 15.0. The predicted octanol–water partition coefficient (Wildman–Crippen LogP) is 2.44. The number of halogens is 1. The predicted molar refractivity (Wildman–Crippen MR) is 81.0 cm³/mol. The van der Waals surface area contributed by atoms with Gasteiger partial charge < -0.3 is 15.2 Å². The van der Waals surface area contributed by atoms with Crippen molar-refractivity contribution in [1.29, 1.82) is 0 Å². The minimum absolute atomic E-state index is 0.107. The summed E-state index contributed by atoms with van der Waals surface area (Å²) in [6.07, 6.45) is 2.10. The SMILES string of the molecule is Cc1c(C(=O)N[C@@H]2CCCN(C)C2)[nH]c2ccc(F)cc12. The lowest BCUT2D eigenvalue weighted by atomic mass is 10.1. The molecule has 0 saturated carbocycles. The van der Waals surface area contributed by atoms with Crippen molar-refractivity contribution in [2.24, 2.45) is 0 Å². The van der Waals surface area contributed by atoms with Crippen LogP contribution in [0.2, 0.25) is 0 Å². The molecular formula is C16H20FN3O. The molecule has 2 heterocycles. The first-order valence-corrected chi connectivity index (χ1v) is 7.32. The normalized spacial score (nSPS) is 19.9. The van der Waals surface area contributed by atoms with Crippen LogP contribution in [0.3, 0.4) is 0 Å². The van der Waals surface area contributed by atoms with Crippen LogP contribution in [0.25, 0.3) is 10.9 Å². The number of carbonyl (C=O) groups is 1. The van der Waals surface area contributed by atoms with E-state index >= 15 is 0 Å². The van der Waals surface area contributed by atoms with Gasteiger partial charge in [0.15, 0.2) is 0 Å². The Morgan fingerprint density at radius 2 is 2.29 bits per heavy atom. The fourth-order valence-electron chi connectivity index (χ4n) is 3.07. The standard InChI is InChI=1S/C16H20FN3O/c1-10-13-8-11(17)5-6-14(13)19-15(10)16(21)18-12-4-3-7-20(2)9-12/h5-6,8,12,19H,3-4,7,9H2,1-2H3,(H,18,21)/t12-/m1/s1. The number of likely N-dealkylation sites (tertiary alicyclic amines) is 1. The summed E-state index contributed by atoms with van der Waals surface area (Å²) in [6.45, 7) is 3.80. The monoisotopic (exact) mass is 289 g/mol. The number of amides is 1. The van der Waals surface area contributed by atoms with E-state index in [9.17, 15) is 9.18 Å². The molecule has 1 saturated heterocycles. The van der Waals surface area contributed by atoms with Gasteiger partial charge in [0.25, 0.3) is 5.91 Å². The number of nitrogens with zero attached hydrogens (tertiary/aromatic N) is 1. The van der Waals surface area contributed by atoms with Gasteiger partial charge in [-0.1, -0.05) is 0 Å². The number of hydrogen-bond donors (Lipinski definition) is 2. The Morgan fingerprint density at radius 3 is 3.05 bits per heavy atom. The molecule has 1 aliphatic rings. The van der Waals surface area contributed by atoms with E-state index in [0.29, 0.717) is 5.69 Å². The molecule has 4 nitrogen and oxygen atoms in total. The van der Waals surface area contributed by atoms with Gasteiger partial charge in [0.1, 0.15) is 11.5 Å². The van der Waals surface area contributed by atoms with Crippen LogP contribution < -0.4 is 5.32 Å². The first-order chi connectivity index (χ1) is 10.0. The fourth-order valence-corrected chi connectivity index (χ4v) is 3.07. The van der Waals surface area contributed by atoms with E-state index in [1.807, 2.05) is 6.92 Å². The second-order valence-electron chi connectivity index (χ2n) is 5.89. The number of nitrogens with one attached hydrogen (secondary N) is 2. The van der Waals surface area contributed by atoms with Gasteiger partial charge >= 0.3 is 0 Å². The molecule has 5 heteroatoms. The van der Waals surface area contributed by atoms with Gasteiger partial charge in [-0.3, -0.25) is 4.79 Å². The van der Waals surface area contributed by atoms with Gasteiger partial charge in [-0.05, 0) is 57.1 Å². The molecule has 1 aliphatic heterocycles. The van der Waals surface area contributed by atoms with E-state index in [0.717, 1.165) is 42.4 Å². The summed E-state index contributed by atoms with van der Waals surface area (Å²) in [5, 5.41) is 3.84. The Hall–Kier alpha value is -1.88. The average molecular weight is 289 g/mol. The molecule has 1 fully saturated rings. The van der Waals surface area contributed by atoms with Crippen molar-refractivity contribution in [3.05, 3.63) is 35.3 Å². The van der Waals surface area contributed by atoms with Crippen LogP contribution in [-0.2, 0) is 0 Å². The molecule has 0 aliphatic carbocycles. The number of fused-ring (bicyclic) bond motifs is 1. The van der Waals surface area contributed by atoms with Crippen molar-refractivity contribution in [1.82, 2.24) is 15.2 Å². The minimum atomic E-state index is -0.287. The van der Waals surface area contributed by atoms with Crippen LogP contribution >= 0.6 is 0 Å². The van der Waals surface area contributed by atoms with Crippen molar-refractivity contribution in [3.8, 4) is 0 Å². The van der Waals surface area contributed by atoms with E-state index < -0.39 is 0 Å². The number of piperidine rings is 1. The Balaban J connectivity index is 1.82. The highest BCUT2D eigenvalue weighted by Crippen LogP contribution is 2.23. The van der Waals surface area contributed by atoms with Crippen LogP contribution in [0.15, 0.2) is 18.2 Å². The molecular weight excluding hydrogens is 269 g/mol. The zero-order valence-electron chi connectivity index (χ0n) is 12.4. The van der Waals surface area contributed by atoms with Crippen LogP contribution in [0, 0.1) is 12.7 Å². The number of aromatic amines is 1. The number of likely N-dealkylation sites (N-methyl/N-ethyl adjacent to an activating group) is 1. The Labute approximate surface area is 123 Å². The number of aryl methyl sites for hydroxylation is 1. The van der Waals surface area contributed by atoms with Crippen molar-refractivity contribution >= 4 is 16.8 Å². The van der Waals surface area contributed by atoms with Gasteiger partial charge in [0.2, 0.25) is 0 Å². The van der Waals surface area contributed by atoms with Crippen LogP contribution in [0.1, 0.15) is 28.9 Å². The van der Waals surface area contributed by atoms with E-state index in [4.69, 9.17) is 0 Å². The highest BCUT2D eigenvalue weighted by molar-refractivity contribution is 6.01. The largest absolute Gasteiger partial charge is 0.350 e. The van der Waals surface area contributed by atoms with Crippen LogP contribution in [0.5, 0.6) is 0 Å². The van der Waals surface area contributed by atoms with E-state index in [1.54, 1.807) is 6.07 Å². The zero-order valence-corrected chi connectivity index (χ0v) is 12.4. The quantitative estimate of drug-likeness (QED) is 0.892. The third-order valence-corrected chi connectivity index (χ3v) is 4.21. The summed E-state index contributed by atoms with van der Waals surface area (Å²) in [5.41, 5.74) is 2.12. The molecule has 2 aromatic rings. The molecule has 0 bridgehead atoms. The fraction of sp³-hybridized carbons (Fsp3) is 0.438.